The maximum atomic E-state index is 10.2. The average Bonchev–Trinajstić information content (AvgIpc) is 2.68. The summed E-state index contributed by atoms with van der Waals surface area (Å²) < 4.78 is 5.69. The van der Waals surface area contributed by atoms with Gasteiger partial charge in [0.25, 0.3) is 0 Å². The molecular formula is C15H12O2. The molecule has 1 heterocycles. The molecule has 0 fully saturated rings. The first-order chi connectivity index (χ1) is 8.25. The molecule has 0 aliphatic heterocycles. The van der Waals surface area contributed by atoms with Crippen molar-refractivity contribution >= 4 is 11.0 Å². The van der Waals surface area contributed by atoms with Crippen molar-refractivity contribution in [1.29, 1.82) is 0 Å². The molecule has 2 nitrogen and oxygen atoms in total. The summed E-state index contributed by atoms with van der Waals surface area (Å²) in [4.78, 5) is 0. The Balaban J connectivity index is 2.28. The lowest BCUT2D eigenvalue weighted by Gasteiger charge is -1.96. The Bertz CT molecular complexity index is 666. The number of aromatic hydroxyl groups is 1. The van der Waals surface area contributed by atoms with Crippen molar-refractivity contribution in [2.45, 2.75) is 6.92 Å². The first-order valence-corrected chi connectivity index (χ1v) is 5.53. The zero-order valence-electron chi connectivity index (χ0n) is 9.47. The summed E-state index contributed by atoms with van der Waals surface area (Å²) >= 11 is 0. The van der Waals surface area contributed by atoms with Gasteiger partial charge < -0.3 is 9.52 Å². The third-order valence-corrected chi connectivity index (χ3v) is 2.85. The molecule has 0 amide bonds. The first-order valence-electron chi connectivity index (χ1n) is 5.53. The van der Waals surface area contributed by atoms with Crippen LogP contribution < -0.4 is 0 Å². The molecule has 1 aromatic heterocycles. The molecule has 0 saturated carbocycles. The zero-order valence-corrected chi connectivity index (χ0v) is 9.47. The van der Waals surface area contributed by atoms with Crippen LogP contribution in [0.1, 0.15) is 5.56 Å². The standard InChI is InChI=1S/C15H12O2/c1-10-7-8-13-12(9-10)14(16)15(17-13)11-5-3-2-4-6-11/h2-9,16H,1H3. The van der Waals surface area contributed by atoms with Crippen molar-refractivity contribution in [2.24, 2.45) is 0 Å². The lowest BCUT2D eigenvalue weighted by atomic mass is 10.1. The first kappa shape index (κ1) is 9.97. The van der Waals surface area contributed by atoms with E-state index in [0.29, 0.717) is 11.3 Å². The van der Waals surface area contributed by atoms with E-state index < -0.39 is 0 Å². The molecule has 0 atom stereocenters. The quantitative estimate of drug-likeness (QED) is 0.674. The number of aryl methyl sites for hydroxylation is 1. The Labute approximate surface area is 99.1 Å². The highest BCUT2D eigenvalue weighted by Crippen LogP contribution is 2.39. The fourth-order valence-corrected chi connectivity index (χ4v) is 1.98. The second kappa shape index (κ2) is 3.67. The molecule has 2 heteroatoms. The van der Waals surface area contributed by atoms with Crippen LogP contribution in [0.3, 0.4) is 0 Å². The van der Waals surface area contributed by atoms with Crippen LogP contribution in [0.15, 0.2) is 52.9 Å². The van der Waals surface area contributed by atoms with Gasteiger partial charge in [0, 0.05) is 5.56 Å². The van der Waals surface area contributed by atoms with Crippen LogP contribution in [0.5, 0.6) is 5.75 Å². The van der Waals surface area contributed by atoms with Gasteiger partial charge in [0.1, 0.15) is 5.58 Å². The lowest BCUT2D eigenvalue weighted by Crippen LogP contribution is -1.72. The maximum absolute atomic E-state index is 10.2. The van der Waals surface area contributed by atoms with Crippen molar-refractivity contribution in [3.05, 3.63) is 54.1 Å². The minimum Gasteiger partial charge on any atom is -0.504 e. The number of hydrogen-bond donors (Lipinski definition) is 1. The van der Waals surface area contributed by atoms with Crippen molar-refractivity contribution in [2.75, 3.05) is 0 Å². The molecule has 0 saturated heterocycles. The molecule has 0 aliphatic rings. The van der Waals surface area contributed by atoms with Crippen LogP contribution in [0.25, 0.3) is 22.3 Å². The van der Waals surface area contributed by atoms with Gasteiger partial charge in [-0.05, 0) is 19.1 Å². The number of rotatable bonds is 1. The van der Waals surface area contributed by atoms with E-state index in [9.17, 15) is 5.11 Å². The maximum Gasteiger partial charge on any atom is 0.177 e. The summed E-state index contributed by atoms with van der Waals surface area (Å²) in [5.41, 5.74) is 2.71. The van der Waals surface area contributed by atoms with E-state index in [4.69, 9.17) is 4.42 Å². The van der Waals surface area contributed by atoms with Gasteiger partial charge in [-0.15, -0.1) is 0 Å². The lowest BCUT2D eigenvalue weighted by molar-refractivity contribution is 0.470. The zero-order chi connectivity index (χ0) is 11.8. The summed E-state index contributed by atoms with van der Waals surface area (Å²) in [6.07, 6.45) is 0. The Hall–Kier alpha value is -2.22. The third-order valence-electron chi connectivity index (χ3n) is 2.85. The van der Waals surface area contributed by atoms with Gasteiger partial charge in [-0.3, -0.25) is 0 Å². The van der Waals surface area contributed by atoms with Crippen molar-refractivity contribution in [3.8, 4) is 17.1 Å². The smallest absolute Gasteiger partial charge is 0.177 e. The molecule has 0 aliphatic carbocycles. The van der Waals surface area contributed by atoms with Gasteiger partial charge in [-0.2, -0.15) is 0 Å². The molecular weight excluding hydrogens is 212 g/mol. The van der Waals surface area contributed by atoms with E-state index in [0.717, 1.165) is 16.5 Å². The fourth-order valence-electron chi connectivity index (χ4n) is 1.98. The van der Waals surface area contributed by atoms with E-state index in [1.807, 2.05) is 55.5 Å². The van der Waals surface area contributed by atoms with Gasteiger partial charge in [0.05, 0.1) is 5.39 Å². The molecule has 3 aromatic rings. The van der Waals surface area contributed by atoms with Crippen LogP contribution in [0, 0.1) is 6.92 Å². The monoisotopic (exact) mass is 224 g/mol. The largest absolute Gasteiger partial charge is 0.504 e. The van der Waals surface area contributed by atoms with Gasteiger partial charge in [0.2, 0.25) is 0 Å². The Morgan fingerprint density at radius 1 is 1.00 bits per heavy atom. The second-order valence-electron chi connectivity index (χ2n) is 4.15. The SMILES string of the molecule is Cc1ccc2oc(-c3ccccc3)c(O)c2c1. The molecule has 3 rings (SSSR count). The molecule has 0 bridgehead atoms. The van der Waals surface area contributed by atoms with Gasteiger partial charge >= 0.3 is 0 Å². The topological polar surface area (TPSA) is 33.4 Å². The molecule has 0 spiro atoms. The van der Waals surface area contributed by atoms with Crippen LogP contribution in [0.4, 0.5) is 0 Å². The average molecular weight is 224 g/mol. The van der Waals surface area contributed by atoms with Crippen LogP contribution in [0.2, 0.25) is 0 Å². The van der Waals surface area contributed by atoms with E-state index in [-0.39, 0.29) is 5.75 Å². The summed E-state index contributed by atoms with van der Waals surface area (Å²) in [6, 6.07) is 15.4. The van der Waals surface area contributed by atoms with E-state index in [1.54, 1.807) is 0 Å². The third kappa shape index (κ3) is 1.58. The molecule has 1 N–H and O–H groups in total. The molecule has 0 unspecified atom stereocenters. The normalized spacial score (nSPS) is 10.9. The van der Waals surface area contributed by atoms with Crippen molar-refractivity contribution in [3.63, 3.8) is 0 Å². The number of hydrogen-bond acceptors (Lipinski definition) is 2. The summed E-state index contributed by atoms with van der Waals surface area (Å²) in [5.74, 6) is 0.751. The molecule has 17 heavy (non-hydrogen) atoms. The van der Waals surface area contributed by atoms with Gasteiger partial charge in [0.15, 0.2) is 11.5 Å². The Morgan fingerprint density at radius 2 is 1.76 bits per heavy atom. The minimum absolute atomic E-state index is 0.218. The van der Waals surface area contributed by atoms with Crippen LogP contribution >= 0.6 is 0 Å². The van der Waals surface area contributed by atoms with Gasteiger partial charge in [-0.25, -0.2) is 0 Å². The summed E-state index contributed by atoms with van der Waals surface area (Å²) in [6.45, 7) is 1.99. The number of furan rings is 1. The van der Waals surface area contributed by atoms with Crippen molar-refractivity contribution < 1.29 is 9.52 Å². The predicted octanol–water partition coefficient (Wildman–Crippen LogP) is 4.11. The van der Waals surface area contributed by atoms with Crippen LogP contribution in [-0.2, 0) is 0 Å². The number of fused-ring (bicyclic) bond motifs is 1. The van der Waals surface area contributed by atoms with Crippen LogP contribution in [-0.4, -0.2) is 5.11 Å². The Kier molecular flexibility index (Phi) is 2.15. The summed E-state index contributed by atoms with van der Waals surface area (Å²) in [5, 5.41) is 10.9. The predicted molar refractivity (Wildman–Crippen MR) is 68.1 cm³/mol. The minimum atomic E-state index is 0.218. The summed E-state index contributed by atoms with van der Waals surface area (Å²) in [7, 11) is 0. The molecule has 2 aromatic carbocycles. The number of benzene rings is 2. The fraction of sp³-hybridized carbons (Fsp3) is 0.0667. The molecule has 0 radical (unpaired) electrons. The highest BCUT2D eigenvalue weighted by atomic mass is 16.4. The van der Waals surface area contributed by atoms with Gasteiger partial charge in [-0.1, -0.05) is 42.0 Å². The van der Waals surface area contributed by atoms with E-state index in [1.165, 1.54) is 0 Å². The highest BCUT2D eigenvalue weighted by Gasteiger charge is 2.14. The van der Waals surface area contributed by atoms with Crippen molar-refractivity contribution in [1.82, 2.24) is 0 Å². The molecule has 84 valence electrons. The second-order valence-corrected chi connectivity index (χ2v) is 4.15. The van der Waals surface area contributed by atoms with E-state index in [2.05, 4.69) is 0 Å². The Morgan fingerprint density at radius 3 is 2.53 bits per heavy atom. The van der Waals surface area contributed by atoms with E-state index >= 15 is 0 Å². The highest BCUT2D eigenvalue weighted by molar-refractivity contribution is 5.91.